The van der Waals surface area contributed by atoms with Gasteiger partial charge in [-0.15, -0.1) is 0 Å². The number of hydrogen-bond acceptors (Lipinski definition) is 4. The van der Waals surface area contributed by atoms with Crippen molar-refractivity contribution in [2.24, 2.45) is 0 Å². The van der Waals surface area contributed by atoms with Gasteiger partial charge in [-0.05, 0) is 17.7 Å². The number of benzene rings is 2. The number of carbonyl (C=O) groups is 1. The topological polar surface area (TPSA) is 84.5 Å². The van der Waals surface area contributed by atoms with E-state index < -0.39 is 49.7 Å². The van der Waals surface area contributed by atoms with E-state index in [4.69, 9.17) is 4.74 Å². The monoisotopic (exact) mass is 406 g/mol. The summed E-state index contributed by atoms with van der Waals surface area (Å²) in [4.78, 5) is 10.1. The van der Waals surface area contributed by atoms with E-state index in [0.29, 0.717) is 11.3 Å². The van der Waals surface area contributed by atoms with Gasteiger partial charge in [-0.2, -0.15) is 0 Å². The summed E-state index contributed by atoms with van der Waals surface area (Å²) in [5.74, 6) is -9.88. The van der Waals surface area contributed by atoms with Crippen molar-refractivity contribution in [3.8, 4) is 5.75 Å². The number of rotatable bonds is 6. The van der Waals surface area contributed by atoms with Crippen LogP contribution in [0, 0.1) is 23.3 Å². The highest BCUT2D eigenvalue weighted by molar-refractivity contribution is 7.89. The molecule has 0 spiro atoms. The van der Waals surface area contributed by atoms with Crippen molar-refractivity contribution < 1.29 is 35.5 Å². The molecule has 0 fully saturated rings. The third-order valence-electron chi connectivity index (χ3n) is 3.57. The number of hydrogen-bond donors (Lipinski definition) is 2. The van der Waals surface area contributed by atoms with Gasteiger partial charge in [0.2, 0.25) is 10.0 Å². The smallest absolute Gasteiger partial charge is 0.255 e. The minimum atomic E-state index is -4.92. The highest BCUT2D eigenvalue weighted by Gasteiger charge is 2.35. The van der Waals surface area contributed by atoms with E-state index in [1.54, 1.807) is 0 Å². The first-order chi connectivity index (χ1) is 12.6. The molecule has 0 aromatic heterocycles. The molecular formula is C16H14F4N2O4S. The molecule has 2 rings (SSSR count). The standard InChI is InChI=1S/C16H14F4N2O4S/c1-21-16(23)10-11(17)12(18)13(19)14(20)15(10)27(24,25)22-7-8-3-5-9(26-2)6-4-8/h3-6,22H,7H2,1-2H3,(H,21,23). The maximum atomic E-state index is 14.1. The summed E-state index contributed by atoms with van der Waals surface area (Å²) in [6.07, 6.45) is 0. The Morgan fingerprint density at radius 2 is 1.56 bits per heavy atom. The molecule has 1 amide bonds. The van der Waals surface area contributed by atoms with Crippen LogP contribution in [0.5, 0.6) is 5.75 Å². The number of amides is 1. The average Bonchev–Trinajstić information content (AvgIpc) is 2.66. The molecule has 0 aliphatic heterocycles. The van der Waals surface area contributed by atoms with Crippen LogP contribution in [0.15, 0.2) is 29.2 Å². The van der Waals surface area contributed by atoms with Gasteiger partial charge in [-0.3, -0.25) is 4.79 Å². The first-order valence-corrected chi connectivity index (χ1v) is 8.83. The van der Waals surface area contributed by atoms with Gasteiger partial charge in [0.25, 0.3) is 5.91 Å². The molecular weight excluding hydrogens is 392 g/mol. The Hall–Kier alpha value is -2.66. The van der Waals surface area contributed by atoms with Crippen LogP contribution >= 0.6 is 0 Å². The van der Waals surface area contributed by atoms with E-state index in [9.17, 15) is 30.8 Å². The lowest BCUT2D eigenvalue weighted by Crippen LogP contribution is -2.31. The van der Waals surface area contributed by atoms with E-state index in [0.717, 1.165) is 7.05 Å². The lowest BCUT2D eigenvalue weighted by Gasteiger charge is -2.14. The molecule has 0 bridgehead atoms. The molecule has 2 aromatic carbocycles. The Bertz CT molecular complexity index is 979. The van der Waals surface area contributed by atoms with E-state index in [1.807, 2.05) is 10.0 Å². The molecule has 146 valence electrons. The third-order valence-corrected chi connectivity index (χ3v) is 5.02. The molecule has 0 unspecified atom stereocenters. The van der Waals surface area contributed by atoms with Crippen molar-refractivity contribution in [3.63, 3.8) is 0 Å². The zero-order valence-electron chi connectivity index (χ0n) is 14.1. The Labute approximate surface area is 152 Å². The van der Waals surface area contributed by atoms with Gasteiger partial charge in [0.15, 0.2) is 23.3 Å². The molecule has 2 aromatic rings. The fourth-order valence-electron chi connectivity index (χ4n) is 2.19. The zero-order valence-corrected chi connectivity index (χ0v) is 14.9. The van der Waals surface area contributed by atoms with E-state index in [1.165, 1.54) is 31.4 Å². The van der Waals surface area contributed by atoms with Crippen LogP contribution in [0.2, 0.25) is 0 Å². The molecule has 27 heavy (non-hydrogen) atoms. The molecule has 0 aliphatic carbocycles. The van der Waals surface area contributed by atoms with Gasteiger partial charge in [0, 0.05) is 13.6 Å². The largest absolute Gasteiger partial charge is 0.497 e. The van der Waals surface area contributed by atoms with Gasteiger partial charge < -0.3 is 10.1 Å². The highest BCUT2D eigenvalue weighted by atomic mass is 32.2. The van der Waals surface area contributed by atoms with Gasteiger partial charge in [0.1, 0.15) is 16.2 Å². The second kappa shape index (κ2) is 7.92. The second-order valence-electron chi connectivity index (χ2n) is 5.21. The Kier molecular flexibility index (Phi) is 6.06. The average molecular weight is 406 g/mol. The fraction of sp³-hybridized carbons (Fsp3) is 0.188. The number of halogens is 4. The molecule has 0 saturated carbocycles. The molecule has 0 heterocycles. The van der Waals surface area contributed by atoms with Gasteiger partial charge >= 0.3 is 0 Å². The van der Waals surface area contributed by atoms with E-state index in [-0.39, 0.29) is 6.54 Å². The summed E-state index contributed by atoms with van der Waals surface area (Å²) in [6.45, 7) is -0.389. The summed E-state index contributed by atoms with van der Waals surface area (Å²) < 4.78 is 86.7. The van der Waals surface area contributed by atoms with Crippen LogP contribution in [0.25, 0.3) is 0 Å². The summed E-state index contributed by atoms with van der Waals surface area (Å²) in [5.41, 5.74) is -1.06. The van der Waals surface area contributed by atoms with E-state index in [2.05, 4.69) is 0 Å². The molecule has 0 aliphatic rings. The van der Waals surface area contributed by atoms with Crippen molar-refractivity contribution in [3.05, 3.63) is 58.7 Å². The SMILES string of the molecule is CNC(=O)c1c(F)c(F)c(F)c(F)c1S(=O)(=O)NCc1ccc(OC)cc1. The van der Waals surface area contributed by atoms with Crippen LogP contribution in [0.4, 0.5) is 17.6 Å². The summed E-state index contributed by atoms with van der Waals surface area (Å²) >= 11 is 0. The quantitative estimate of drug-likeness (QED) is 0.437. The molecule has 0 atom stereocenters. The number of sulfonamides is 1. The first kappa shape index (κ1) is 20.6. The molecule has 0 saturated heterocycles. The lowest BCUT2D eigenvalue weighted by molar-refractivity contribution is 0.0952. The van der Waals surface area contributed by atoms with Crippen LogP contribution < -0.4 is 14.8 Å². The summed E-state index contributed by atoms with van der Waals surface area (Å²) in [5, 5.41) is 1.85. The summed E-state index contributed by atoms with van der Waals surface area (Å²) in [6, 6.07) is 6.03. The van der Waals surface area contributed by atoms with Crippen molar-refractivity contribution in [2.45, 2.75) is 11.4 Å². The van der Waals surface area contributed by atoms with Crippen molar-refractivity contribution in [1.29, 1.82) is 0 Å². The molecule has 6 nitrogen and oxygen atoms in total. The third kappa shape index (κ3) is 4.03. The predicted molar refractivity (Wildman–Crippen MR) is 86.7 cm³/mol. The van der Waals surface area contributed by atoms with Gasteiger partial charge in [0.05, 0.1) is 7.11 Å². The lowest BCUT2D eigenvalue weighted by atomic mass is 10.1. The van der Waals surface area contributed by atoms with Crippen molar-refractivity contribution >= 4 is 15.9 Å². The maximum Gasteiger partial charge on any atom is 0.255 e. The van der Waals surface area contributed by atoms with Crippen molar-refractivity contribution in [2.75, 3.05) is 14.2 Å². The number of methoxy groups -OCH3 is 1. The number of nitrogens with one attached hydrogen (secondary N) is 2. The zero-order chi connectivity index (χ0) is 20.4. The Morgan fingerprint density at radius 3 is 2.07 bits per heavy atom. The maximum absolute atomic E-state index is 14.1. The van der Waals surface area contributed by atoms with Crippen LogP contribution in [-0.4, -0.2) is 28.5 Å². The van der Waals surface area contributed by atoms with Crippen LogP contribution in [-0.2, 0) is 16.6 Å². The first-order valence-electron chi connectivity index (χ1n) is 7.34. The van der Waals surface area contributed by atoms with Crippen LogP contribution in [0.1, 0.15) is 15.9 Å². The Morgan fingerprint density at radius 1 is 1.00 bits per heavy atom. The minimum absolute atomic E-state index is 0.389. The van der Waals surface area contributed by atoms with E-state index >= 15 is 0 Å². The Balaban J connectivity index is 2.49. The minimum Gasteiger partial charge on any atom is -0.497 e. The van der Waals surface area contributed by atoms with Crippen LogP contribution in [0.3, 0.4) is 0 Å². The molecule has 0 radical (unpaired) electrons. The number of ether oxygens (including phenoxy) is 1. The van der Waals surface area contributed by atoms with Crippen molar-refractivity contribution in [1.82, 2.24) is 10.0 Å². The number of carbonyl (C=O) groups excluding carboxylic acids is 1. The highest BCUT2D eigenvalue weighted by Crippen LogP contribution is 2.28. The second-order valence-corrected chi connectivity index (χ2v) is 6.92. The van der Waals surface area contributed by atoms with Gasteiger partial charge in [-0.1, -0.05) is 12.1 Å². The molecule has 11 heteroatoms. The summed E-state index contributed by atoms with van der Waals surface area (Å²) in [7, 11) is -2.50. The molecule has 2 N–H and O–H groups in total. The predicted octanol–water partition coefficient (Wildman–Crippen LogP) is 2.09. The van der Waals surface area contributed by atoms with Gasteiger partial charge in [-0.25, -0.2) is 30.7 Å². The normalized spacial score (nSPS) is 11.3. The fourth-order valence-corrected chi connectivity index (χ4v) is 3.46.